The third-order valence-corrected chi connectivity index (χ3v) is 5.66. The van der Waals surface area contributed by atoms with Crippen LogP contribution in [0.1, 0.15) is 23.2 Å². The molecule has 1 heterocycles. The molecule has 8 heteroatoms. The molecule has 0 unspecified atom stereocenters. The Bertz CT molecular complexity index is 1070. The highest BCUT2D eigenvalue weighted by atomic mass is 35.5. The predicted molar refractivity (Wildman–Crippen MR) is 115 cm³/mol. The van der Waals surface area contributed by atoms with Crippen LogP contribution in [0.3, 0.4) is 0 Å². The van der Waals surface area contributed by atoms with E-state index in [9.17, 15) is 19.2 Å². The number of para-hydroxylation sites is 1. The van der Waals surface area contributed by atoms with Crippen LogP contribution in [0.15, 0.2) is 60.7 Å². The lowest BCUT2D eigenvalue weighted by molar-refractivity contribution is -0.122. The molecule has 2 aromatic carbocycles. The van der Waals surface area contributed by atoms with E-state index in [-0.39, 0.29) is 29.2 Å². The van der Waals surface area contributed by atoms with Gasteiger partial charge >= 0.3 is 5.97 Å². The molecule has 31 heavy (non-hydrogen) atoms. The molecule has 1 aliphatic carbocycles. The first-order valence-corrected chi connectivity index (χ1v) is 10.2. The maximum Gasteiger partial charge on any atom is 0.338 e. The normalized spacial score (nSPS) is 19.8. The van der Waals surface area contributed by atoms with Gasteiger partial charge in [-0.25, -0.2) is 4.79 Å². The minimum absolute atomic E-state index is 0.136. The number of amides is 3. The molecule has 0 bridgehead atoms. The summed E-state index contributed by atoms with van der Waals surface area (Å²) in [5.74, 6) is -2.52. The second-order valence-electron chi connectivity index (χ2n) is 7.32. The number of rotatable bonds is 5. The average molecular weight is 439 g/mol. The molecule has 1 fully saturated rings. The van der Waals surface area contributed by atoms with E-state index in [1.54, 1.807) is 36.4 Å². The van der Waals surface area contributed by atoms with Gasteiger partial charge in [-0.2, -0.15) is 0 Å². The Morgan fingerprint density at radius 2 is 1.68 bits per heavy atom. The quantitative estimate of drug-likeness (QED) is 0.437. The van der Waals surface area contributed by atoms with E-state index >= 15 is 0 Å². The van der Waals surface area contributed by atoms with Gasteiger partial charge in [0.2, 0.25) is 11.8 Å². The maximum atomic E-state index is 12.7. The van der Waals surface area contributed by atoms with Crippen LogP contribution < -0.4 is 10.2 Å². The number of halogens is 1. The Balaban J connectivity index is 1.42. The van der Waals surface area contributed by atoms with Gasteiger partial charge < -0.3 is 10.1 Å². The molecular weight excluding hydrogens is 420 g/mol. The summed E-state index contributed by atoms with van der Waals surface area (Å²) >= 11 is 5.99. The fraction of sp³-hybridized carbons (Fsp3) is 0.217. The van der Waals surface area contributed by atoms with Crippen molar-refractivity contribution in [1.82, 2.24) is 0 Å². The Kier molecular flexibility index (Phi) is 5.86. The van der Waals surface area contributed by atoms with Crippen molar-refractivity contribution >= 4 is 46.7 Å². The highest BCUT2D eigenvalue weighted by Gasteiger charge is 2.47. The zero-order valence-corrected chi connectivity index (χ0v) is 17.2. The highest BCUT2D eigenvalue weighted by molar-refractivity contribution is 6.33. The molecule has 7 nitrogen and oxygen atoms in total. The first-order valence-electron chi connectivity index (χ1n) is 9.80. The topological polar surface area (TPSA) is 92.8 Å². The number of benzene rings is 2. The van der Waals surface area contributed by atoms with Crippen LogP contribution >= 0.6 is 11.6 Å². The molecular formula is C23H19ClN2O5. The van der Waals surface area contributed by atoms with E-state index in [4.69, 9.17) is 16.3 Å². The molecule has 2 aliphatic rings. The van der Waals surface area contributed by atoms with Gasteiger partial charge in [-0.3, -0.25) is 19.3 Å². The molecule has 0 aromatic heterocycles. The SMILES string of the molecule is O=C(COC(=O)c1cccc(N2C(=O)[C@@H]3CC=CC[C@H]3C2=O)c1)Nc1ccccc1Cl. The number of allylic oxidation sites excluding steroid dienone is 2. The number of carbonyl (C=O) groups is 4. The molecule has 158 valence electrons. The van der Waals surface area contributed by atoms with Crippen molar-refractivity contribution in [1.29, 1.82) is 0 Å². The van der Waals surface area contributed by atoms with Crippen LogP contribution in [-0.2, 0) is 19.1 Å². The number of ether oxygens (including phenoxy) is 1. The molecule has 3 amide bonds. The van der Waals surface area contributed by atoms with Gasteiger partial charge in [0.1, 0.15) is 0 Å². The zero-order chi connectivity index (χ0) is 22.0. The van der Waals surface area contributed by atoms with Gasteiger partial charge in [-0.05, 0) is 43.2 Å². The summed E-state index contributed by atoms with van der Waals surface area (Å²) in [4.78, 5) is 51.1. The summed E-state index contributed by atoms with van der Waals surface area (Å²) in [6, 6.07) is 12.8. The van der Waals surface area contributed by atoms with E-state index in [0.717, 1.165) is 4.90 Å². The Morgan fingerprint density at radius 3 is 2.35 bits per heavy atom. The van der Waals surface area contributed by atoms with Crippen molar-refractivity contribution in [3.8, 4) is 0 Å². The second kappa shape index (κ2) is 8.73. The van der Waals surface area contributed by atoms with E-state index in [0.29, 0.717) is 29.2 Å². The van der Waals surface area contributed by atoms with Gasteiger partial charge in [0, 0.05) is 0 Å². The van der Waals surface area contributed by atoms with Crippen LogP contribution in [0.25, 0.3) is 0 Å². The fourth-order valence-corrected chi connectivity index (χ4v) is 3.97. The molecule has 2 atom stereocenters. The first kappa shape index (κ1) is 20.8. The zero-order valence-electron chi connectivity index (χ0n) is 16.4. The standard InChI is InChI=1S/C23H19ClN2O5/c24-18-10-3-4-11-19(18)25-20(27)13-31-23(30)14-6-5-7-15(12-14)26-21(28)16-8-1-2-9-17(16)22(26)29/h1-7,10-12,16-17H,8-9,13H2,(H,25,27)/t16-,17-/m1/s1. The summed E-state index contributed by atoms with van der Waals surface area (Å²) in [6.45, 7) is -0.508. The molecule has 0 spiro atoms. The van der Waals surface area contributed by atoms with E-state index in [1.807, 2.05) is 12.2 Å². The number of nitrogens with one attached hydrogen (secondary N) is 1. The van der Waals surface area contributed by atoms with E-state index in [2.05, 4.69) is 5.32 Å². The number of carbonyl (C=O) groups excluding carboxylic acids is 4. The predicted octanol–water partition coefficient (Wildman–Crippen LogP) is 3.59. The van der Waals surface area contributed by atoms with Crippen molar-refractivity contribution in [2.24, 2.45) is 11.8 Å². The number of fused-ring (bicyclic) bond motifs is 1. The van der Waals surface area contributed by atoms with Crippen LogP contribution in [0.2, 0.25) is 5.02 Å². The third-order valence-electron chi connectivity index (χ3n) is 5.33. The van der Waals surface area contributed by atoms with Crippen LogP contribution in [0, 0.1) is 11.8 Å². The van der Waals surface area contributed by atoms with Crippen molar-refractivity contribution in [2.75, 3.05) is 16.8 Å². The number of anilines is 2. The molecule has 0 saturated carbocycles. The van der Waals surface area contributed by atoms with Gasteiger partial charge in [0.25, 0.3) is 5.91 Å². The molecule has 2 aromatic rings. The third kappa shape index (κ3) is 4.22. The number of esters is 1. The smallest absolute Gasteiger partial charge is 0.338 e. The Labute approximate surface area is 183 Å². The number of hydrogen-bond acceptors (Lipinski definition) is 5. The minimum atomic E-state index is -0.741. The summed E-state index contributed by atoms with van der Waals surface area (Å²) in [5.41, 5.74) is 0.866. The summed E-state index contributed by atoms with van der Waals surface area (Å²) in [6.07, 6.45) is 4.90. The lowest BCUT2D eigenvalue weighted by Crippen LogP contribution is -2.31. The largest absolute Gasteiger partial charge is 0.452 e. The van der Waals surface area contributed by atoms with Crippen molar-refractivity contribution in [3.05, 3.63) is 71.3 Å². The van der Waals surface area contributed by atoms with E-state index in [1.165, 1.54) is 12.1 Å². The maximum absolute atomic E-state index is 12.7. The first-order chi connectivity index (χ1) is 15.0. The summed E-state index contributed by atoms with van der Waals surface area (Å²) in [5, 5.41) is 2.93. The molecule has 4 rings (SSSR count). The molecule has 1 saturated heterocycles. The van der Waals surface area contributed by atoms with E-state index < -0.39 is 18.5 Å². The highest BCUT2D eigenvalue weighted by Crippen LogP contribution is 2.37. The average Bonchev–Trinajstić information content (AvgIpc) is 3.04. The summed E-state index contributed by atoms with van der Waals surface area (Å²) in [7, 11) is 0. The fourth-order valence-electron chi connectivity index (χ4n) is 3.79. The van der Waals surface area contributed by atoms with Gasteiger partial charge in [-0.15, -0.1) is 0 Å². The lowest BCUT2D eigenvalue weighted by atomic mass is 9.85. The molecule has 1 aliphatic heterocycles. The summed E-state index contributed by atoms with van der Waals surface area (Å²) < 4.78 is 5.08. The van der Waals surface area contributed by atoms with Crippen LogP contribution in [0.5, 0.6) is 0 Å². The number of nitrogens with zero attached hydrogens (tertiary/aromatic N) is 1. The van der Waals surface area contributed by atoms with Gasteiger partial charge in [0.05, 0.1) is 33.8 Å². The van der Waals surface area contributed by atoms with Crippen molar-refractivity contribution in [3.63, 3.8) is 0 Å². The van der Waals surface area contributed by atoms with Gasteiger partial charge in [0.15, 0.2) is 6.61 Å². The van der Waals surface area contributed by atoms with Crippen LogP contribution in [0.4, 0.5) is 11.4 Å². The lowest BCUT2D eigenvalue weighted by Gasteiger charge is -2.15. The molecule has 1 N–H and O–H groups in total. The minimum Gasteiger partial charge on any atom is -0.452 e. The Morgan fingerprint density at radius 1 is 1.00 bits per heavy atom. The van der Waals surface area contributed by atoms with Crippen molar-refractivity contribution < 1.29 is 23.9 Å². The van der Waals surface area contributed by atoms with Crippen molar-refractivity contribution in [2.45, 2.75) is 12.8 Å². The van der Waals surface area contributed by atoms with Crippen LogP contribution in [-0.4, -0.2) is 30.3 Å². The Hall–Kier alpha value is -3.45. The monoisotopic (exact) mass is 438 g/mol. The second-order valence-corrected chi connectivity index (χ2v) is 7.73. The number of imide groups is 1. The number of hydrogen-bond donors (Lipinski definition) is 1. The molecule has 0 radical (unpaired) electrons. The van der Waals surface area contributed by atoms with Gasteiger partial charge in [-0.1, -0.05) is 42.0 Å².